The van der Waals surface area contributed by atoms with Crippen LogP contribution in [0.4, 0.5) is 20.9 Å². The molecule has 152 valence electrons. The Morgan fingerprint density at radius 2 is 1.83 bits per heavy atom. The van der Waals surface area contributed by atoms with Crippen LogP contribution >= 0.6 is 23.6 Å². The van der Waals surface area contributed by atoms with Crippen molar-refractivity contribution in [3.05, 3.63) is 58.3 Å². The number of halogens is 1. The lowest BCUT2D eigenvalue weighted by molar-refractivity contribution is 0.195. The van der Waals surface area contributed by atoms with Gasteiger partial charge in [0.05, 0.1) is 19.5 Å². The maximum absolute atomic E-state index is 13.1. The molecule has 4 rings (SSSR count). The van der Waals surface area contributed by atoms with Crippen molar-refractivity contribution >= 4 is 40.1 Å². The molecule has 3 aromatic rings. The highest BCUT2D eigenvalue weighted by atomic mass is 32.1. The number of para-hydroxylation sites is 2. The van der Waals surface area contributed by atoms with E-state index in [0.29, 0.717) is 6.67 Å². The maximum Gasteiger partial charge on any atom is 0.209 e. The Morgan fingerprint density at radius 1 is 1.10 bits per heavy atom. The molecule has 1 N–H and O–H groups in total. The lowest BCUT2D eigenvalue weighted by Gasteiger charge is -2.35. The van der Waals surface area contributed by atoms with Crippen LogP contribution in [0.25, 0.3) is 0 Å². The van der Waals surface area contributed by atoms with Crippen LogP contribution in [0.5, 0.6) is 5.75 Å². The van der Waals surface area contributed by atoms with Gasteiger partial charge >= 0.3 is 0 Å². The summed E-state index contributed by atoms with van der Waals surface area (Å²) in [6.07, 6.45) is 0. The van der Waals surface area contributed by atoms with Gasteiger partial charge in [-0.25, -0.2) is 9.07 Å². The largest absolute Gasteiger partial charge is 0.495 e. The maximum atomic E-state index is 13.1. The average Bonchev–Trinajstić information content (AvgIpc) is 3.08. The Hall–Kier alpha value is -2.49. The van der Waals surface area contributed by atoms with E-state index in [1.807, 2.05) is 41.1 Å². The van der Waals surface area contributed by atoms with Crippen molar-refractivity contribution in [2.24, 2.45) is 0 Å². The summed E-state index contributed by atoms with van der Waals surface area (Å²) in [7, 11) is 1.65. The van der Waals surface area contributed by atoms with Crippen LogP contribution in [0.15, 0.2) is 48.5 Å². The van der Waals surface area contributed by atoms with Gasteiger partial charge in [0.25, 0.3) is 0 Å². The van der Waals surface area contributed by atoms with E-state index in [-0.39, 0.29) is 5.82 Å². The summed E-state index contributed by atoms with van der Waals surface area (Å²) >= 11 is 6.95. The summed E-state index contributed by atoms with van der Waals surface area (Å²) in [4.78, 5) is 4.59. The minimum absolute atomic E-state index is 0.206. The number of rotatable bonds is 6. The fraction of sp³-hybridized carbons (Fsp3) is 0.300. The molecule has 1 aliphatic rings. The van der Waals surface area contributed by atoms with Gasteiger partial charge in [-0.1, -0.05) is 23.5 Å². The average molecular weight is 432 g/mol. The first-order valence-electron chi connectivity index (χ1n) is 9.33. The second-order valence-corrected chi connectivity index (χ2v) is 8.34. The highest BCUT2D eigenvalue weighted by Crippen LogP contribution is 2.28. The minimum Gasteiger partial charge on any atom is -0.495 e. The predicted molar refractivity (Wildman–Crippen MR) is 117 cm³/mol. The Morgan fingerprint density at radius 3 is 2.55 bits per heavy atom. The fourth-order valence-corrected chi connectivity index (χ4v) is 4.30. The first-order chi connectivity index (χ1) is 14.1. The van der Waals surface area contributed by atoms with E-state index >= 15 is 0 Å². The molecule has 1 aromatic heterocycles. The summed E-state index contributed by atoms with van der Waals surface area (Å²) in [6.45, 7) is 4.21. The number of benzene rings is 2. The number of hydrogen-bond acceptors (Lipinski definition) is 7. The van der Waals surface area contributed by atoms with Crippen LogP contribution in [0.1, 0.15) is 0 Å². The van der Waals surface area contributed by atoms with Gasteiger partial charge in [-0.3, -0.25) is 4.90 Å². The van der Waals surface area contributed by atoms with Gasteiger partial charge < -0.3 is 15.0 Å². The number of methoxy groups -OCH3 is 1. The molecule has 1 aliphatic heterocycles. The fourth-order valence-electron chi connectivity index (χ4n) is 3.30. The Labute approximate surface area is 178 Å². The third-order valence-electron chi connectivity index (χ3n) is 4.85. The zero-order valence-electron chi connectivity index (χ0n) is 16.0. The zero-order chi connectivity index (χ0) is 20.2. The molecule has 0 aliphatic carbocycles. The minimum atomic E-state index is -0.206. The number of nitrogens with zero attached hydrogens (tertiary/aromatic N) is 4. The SMILES string of the molecule is COc1ccccc1Nc1nn(CN2CCN(c3ccc(F)cc3)CC2)c(=S)s1. The summed E-state index contributed by atoms with van der Waals surface area (Å²) in [6, 6.07) is 14.4. The highest BCUT2D eigenvalue weighted by Gasteiger charge is 2.18. The first-order valence-corrected chi connectivity index (χ1v) is 10.6. The third-order valence-corrected chi connectivity index (χ3v) is 6.08. The van der Waals surface area contributed by atoms with Crippen LogP contribution in [0.3, 0.4) is 0 Å². The Kier molecular flexibility index (Phi) is 6.08. The van der Waals surface area contributed by atoms with Crippen molar-refractivity contribution in [3.8, 4) is 5.75 Å². The number of anilines is 3. The molecule has 0 radical (unpaired) electrons. The van der Waals surface area contributed by atoms with Crippen LogP contribution < -0.4 is 15.0 Å². The first kappa shape index (κ1) is 19.8. The van der Waals surface area contributed by atoms with Crippen molar-refractivity contribution in [3.63, 3.8) is 0 Å². The lowest BCUT2D eigenvalue weighted by atomic mass is 10.2. The molecular formula is C20H22FN5OS2. The molecule has 2 heterocycles. The molecule has 0 saturated carbocycles. The van der Waals surface area contributed by atoms with Gasteiger partial charge in [0.15, 0.2) is 3.95 Å². The summed E-state index contributed by atoms with van der Waals surface area (Å²) in [5.74, 6) is 0.555. The number of nitrogens with one attached hydrogen (secondary N) is 1. The summed E-state index contributed by atoms with van der Waals surface area (Å²) < 4.78 is 21.1. The summed E-state index contributed by atoms with van der Waals surface area (Å²) in [5.41, 5.74) is 1.92. The van der Waals surface area contributed by atoms with E-state index in [1.165, 1.54) is 23.5 Å². The predicted octanol–water partition coefficient (Wildman–Crippen LogP) is 4.35. The van der Waals surface area contributed by atoms with Crippen molar-refractivity contribution in [1.82, 2.24) is 14.7 Å². The zero-order valence-corrected chi connectivity index (χ0v) is 17.7. The number of aromatic nitrogens is 2. The van der Waals surface area contributed by atoms with Gasteiger partial charge in [-0.05, 0) is 48.6 Å². The number of ether oxygens (including phenoxy) is 1. The molecule has 2 aromatic carbocycles. The molecule has 9 heteroatoms. The Balaban J connectivity index is 1.37. The van der Waals surface area contributed by atoms with Crippen LogP contribution in [-0.2, 0) is 6.67 Å². The van der Waals surface area contributed by atoms with Gasteiger partial charge in [0.1, 0.15) is 11.6 Å². The second kappa shape index (κ2) is 8.89. The second-order valence-electron chi connectivity index (χ2n) is 6.72. The van der Waals surface area contributed by atoms with Crippen molar-refractivity contribution in [1.29, 1.82) is 0 Å². The summed E-state index contributed by atoms with van der Waals surface area (Å²) in [5, 5.41) is 8.66. The van der Waals surface area contributed by atoms with E-state index in [4.69, 9.17) is 17.0 Å². The van der Waals surface area contributed by atoms with Gasteiger partial charge in [-0.2, -0.15) is 0 Å². The molecular weight excluding hydrogens is 409 g/mol. The molecule has 6 nitrogen and oxygen atoms in total. The smallest absolute Gasteiger partial charge is 0.209 e. The van der Waals surface area contributed by atoms with Crippen LogP contribution in [0, 0.1) is 9.77 Å². The molecule has 1 fully saturated rings. The van der Waals surface area contributed by atoms with E-state index in [2.05, 4.69) is 20.2 Å². The van der Waals surface area contributed by atoms with Crippen molar-refractivity contribution in [2.45, 2.75) is 6.67 Å². The number of piperazine rings is 1. The molecule has 0 atom stereocenters. The van der Waals surface area contributed by atoms with Crippen LogP contribution in [-0.4, -0.2) is 48.0 Å². The van der Waals surface area contributed by atoms with Crippen molar-refractivity contribution in [2.75, 3.05) is 43.5 Å². The molecule has 29 heavy (non-hydrogen) atoms. The quantitative estimate of drug-likeness (QED) is 0.586. The van der Waals surface area contributed by atoms with Crippen molar-refractivity contribution < 1.29 is 9.13 Å². The molecule has 0 unspecified atom stereocenters. The normalized spacial score (nSPS) is 14.8. The van der Waals surface area contributed by atoms with E-state index in [0.717, 1.165) is 52.4 Å². The van der Waals surface area contributed by atoms with E-state index in [9.17, 15) is 4.39 Å². The van der Waals surface area contributed by atoms with Crippen LogP contribution in [0.2, 0.25) is 0 Å². The highest BCUT2D eigenvalue weighted by molar-refractivity contribution is 7.73. The number of hydrogen-bond donors (Lipinski definition) is 1. The monoisotopic (exact) mass is 431 g/mol. The molecule has 0 spiro atoms. The molecule has 1 saturated heterocycles. The van der Waals surface area contributed by atoms with E-state index in [1.54, 1.807) is 7.11 Å². The lowest BCUT2D eigenvalue weighted by Crippen LogP contribution is -2.46. The van der Waals surface area contributed by atoms with Gasteiger partial charge in [-0.15, -0.1) is 5.10 Å². The Bertz CT molecular complexity index is 1010. The third kappa shape index (κ3) is 4.75. The standard InChI is InChI=1S/C20H22FN5OS2/c1-27-18-5-3-2-4-17(18)22-19-23-26(20(28)29-19)14-24-10-12-25(13-11-24)16-8-6-15(21)7-9-16/h2-9H,10-14H2,1H3,(H,22,23). The van der Waals surface area contributed by atoms with E-state index < -0.39 is 0 Å². The molecule has 0 amide bonds. The topological polar surface area (TPSA) is 45.6 Å². The molecule has 0 bridgehead atoms. The van der Waals surface area contributed by atoms with Gasteiger partial charge in [0, 0.05) is 31.9 Å². The van der Waals surface area contributed by atoms with Gasteiger partial charge in [0.2, 0.25) is 5.13 Å².